The molecule has 0 radical (unpaired) electrons. The normalized spacial score (nSPS) is 18.4. The van der Waals surface area contributed by atoms with Gasteiger partial charge in [0.1, 0.15) is 5.52 Å². The smallest absolute Gasteiger partial charge is 0.223 e. The van der Waals surface area contributed by atoms with Crippen LogP contribution in [0.15, 0.2) is 12.3 Å². The van der Waals surface area contributed by atoms with Gasteiger partial charge in [-0.3, -0.25) is 4.79 Å². The SMILES string of the molecule is CC(=O)N1CCCC(CNc2ncc3cc([C@@H](C)O)nc(NC(C)C)c3n2)C1. The summed E-state index contributed by atoms with van der Waals surface area (Å²) >= 11 is 0. The van der Waals surface area contributed by atoms with Crippen LogP contribution in [0.5, 0.6) is 0 Å². The van der Waals surface area contributed by atoms with Gasteiger partial charge in [0, 0.05) is 44.2 Å². The monoisotopic (exact) mass is 386 g/mol. The van der Waals surface area contributed by atoms with E-state index in [-0.39, 0.29) is 11.9 Å². The van der Waals surface area contributed by atoms with E-state index in [1.54, 1.807) is 20.0 Å². The van der Waals surface area contributed by atoms with Gasteiger partial charge < -0.3 is 20.6 Å². The van der Waals surface area contributed by atoms with Crippen LogP contribution < -0.4 is 10.6 Å². The molecule has 2 atom stereocenters. The summed E-state index contributed by atoms with van der Waals surface area (Å²) in [5.74, 6) is 1.72. The van der Waals surface area contributed by atoms with E-state index in [9.17, 15) is 9.90 Å². The van der Waals surface area contributed by atoms with Gasteiger partial charge in [0.15, 0.2) is 5.82 Å². The van der Waals surface area contributed by atoms with Crippen molar-refractivity contribution in [3.8, 4) is 0 Å². The van der Waals surface area contributed by atoms with E-state index < -0.39 is 6.10 Å². The predicted molar refractivity (Wildman–Crippen MR) is 110 cm³/mol. The minimum Gasteiger partial charge on any atom is -0.387 e. The zero-order valence-corrected chi connectivity index (χ0v) is 17.1. The minimum atomic E-state index is -0.662. The first-order valence-electron chi connectivity index (χ1n) is 9.95. The highest BCUT2D eigenvalue weighted by Gasteiger charge is 2.21. The number of hydrogen-bond donors (Lipinski definition) is 3. The molecule has 1 aliphatic rings. The second kappa shape index (κ2) is 8.68. The third-order valence-electron chi connectivity index (χ3n) is 4.95. The van der Waals surface area contributed by atoms with Crippen molar-refractivity contribution in [2.45, 2.75) is 52.7 Å². The van der Waals surface area contributed by atoms with Crippen LogP contribution in [0, 0.1) is 5.92 Å². The zero-order valence-electron chi connectivity index (χ0n) is 17.1. The Morgan fingerprint density at radius 3 is 2.82 bits per heavy atom. The van der Waals surface area contributed by atoms with Crippen LogP contribution in [0.4, 0.5) is 11.8 Å². The van der Waals surface area contributed by atoms with E-state index in [2.05, 4.69) is 25.6 Å². The molecule has 0 spiro atoms. The summed E-state index contributed by atoms with van der Waals surface area (Å²) < 4.78 is 0. The first kappa shape index (κ1) is 20.3. The van der Waals surface area contributed by atoms with E-state index in [1.807, 2.05) is 24.8 Å². The molecule has 0 aliphatic carbocycles. The summed E-state index contributed by atoms with van der Waals surface area (Å²) in [6.45, 7) is 9.73. The lowest BCUT2D eigenvalue weighted by Crippen LogP contribution is -2.40. The number of aromatic nitrogens is 3. The Labute approximate surface area is 165 Å². The molecule has 3 N–H and O–H groups in total. The fourth-order valence-electron chi connectivity index (χ4n) is 3.49. The topological polar surface area (TPSA) is 103 Å². The number of carbonyl (C=O) groups is 1. The molecular formula is C20H30N6O2. The third-order valence-corrected chi connectivity index (χ3v) is 4.95. The maximum Gasteiger partial charge on any atom is 0.223 e. The largest absolute Gasteiger partial charge is 0.387 e. The number of amides is 1. The van der Waals surface area contributed by atoms with Crippen molar-refractivity contribution < 1.29 is 9.90 Å². The zero-order chi connectivity index (χ0) is 20.3. The highest BCUT2D eigenvalue weighted by Crippen LogP contribution is 2.25. The van der Waals surface area contributed by atoms with Crippen molar-refractivity contribution in [3.63, 3.8) is 0 Å². The van der Waals surface area contributed by atoms with Gasteiger partial charge in [-0.1, -0.05) is 0 Å². The van der Waals surface area contributed by atoms with E-state index in [4.69, 9.17) is 0 Å². The lowest BCUT2D eigenvalue weighted by Gasteiger charge is -2.32. The average molecular weight is 387 g/mol. The molecular weight excluding hydrogens is 356 g/mol. The fourth-order valence-corrected chi connectivity index (χ4v) is 3.49. The fraction of sp³-hybridized carbons (Fsp3) is 0.600. The number of pyridine rings is 1. The summed E-state index contributed by atoms with van der Waals surface area (Å²) in [7, 11) is 0. The van der Waals surface area contributed by atoms with Crippen LogP contribution >= 0.6 is 0 Å². The molecule has 2 aromatic heterocycles. The van der Waals surface area contributed by atoms with Crippen molar-refractivity contribution in [2.24, 2.45) is 5.92 Å². The predicted octanol–water partition coefficient (Wildman–Crippen LogP) is 2.57. The number of rotatable bonds is 6. The van der Waals surface area contributed by atoms with E-state index in [0.717, 1.165) is 43.4 Å². The van der Waals surface area contributed by atoms with E-state index in [1.165, 1.54) is 0 Å². The highest BCUT2D eigenvalue weighted by molar-refractivity contribution is 5.89. The first-order chi connectivity index (χ1) is 13.3. The van der Waals surface area contributed by atoms with Crippen molar-refractivity contribution in [1.29, 1.82) is 0 Å². The molecule has 8 heteroatoms. The molecule has 3 rings (SSSR count). The molecule has 1 unspecified atom stereocenters. The summed E-state index contributed by atoms with van der Waals surface area (Å²) in [5, 5.41) is 17.4. The molecule has 8 nitrogen and oxygen atoms in total. The molecule has 0 bridgehead atoms. The number of aliphatic hydroxyl groups excluding tert-OH is 1. The number of nitrogens with one attached hydrogen (secondary N) is 2. The number of hydrogen-bond acceptors (Lipinski definition) is 7. The van der Waals surface area contributed by atoms with Crippen LogP contribution in [0.2, 0.25) is 0 Å². The van der Waals surface area contributed by atoms with Gasteiger partial charge >= 0.3 is 0 Å². The van der Waals surface area contributed by atoms with Crippen molar-refractivity contribution in [2.75, 3.05) is 30.3 Å². The van der Waals surface area contributed by atoms with Crippen molar-refractivity contribution in [3.05, 3.63) is 18.0 Å². The summed E-state index contributed by atoms with van der Waals surface area (Å²) in [4.78, 5) is 27.1. The van der Waals surface area contributed by atoms with Crippen LogP contribution in [0.3, 0.4) is 0 Å². The molecule has 28 heavy (non-hydrogen) atoms. The van der Waals surface area contributed by atoms with Crippen LogP contribution in [-0.2, 0) is 4.79 Å². The Morgan fingerprint density at radius 1 is 1.36 bits per heavy atom. The molecule has 1 fully saturated rings. The number of fused-ring (bicyclic) bond motifs is 1. The van der Waals surface area contributed by atoms with E-state index in [0.29, 0.717) is 23.4 Å². The summed E-state index contributed by atoms with van der Waals surface area (Å²) in [6, 6.07) is 2.01. The van der Waals surface area contributed by atoms with Gasteiger partial charge in [-0.15, -0.1) is 0 Å². The Hall–Kier alpha value is -2.48. The van der Waals surface area contributed by atoms with Gasteiger partial charge in [0.2, 0.25) is 11.9 Å². The molecule has 1 saturated heterocycles. The lowest BCUT2D eigenvalue weighted by atomic mass is 9.98. The molecule has 2 aromatic rings. The van der Waals surface area contributed by atoms with Gasteiger partial charge in [0.05, 0.1) is 11.8 Å². The molecule has 1 aliphatic heterocycles. The number of carbonyl (C=O) groups excluding carboxylic acids is 1. The second-order valence-corrected chi connectivity index (χ2v) is 7.86. The second-order valence-electron chi connectivity index (χ2n) is 7.86. The quantitative estimate of drug-likeness (QED) is 0.701. The average Bonchev–Trinajstić information content (AvgIpc) is 2.66. The number of aliphatic hydroxyl groups is 1. The first-order valence-corrected chi connectivity index (χ1v) is 9.95. The van der Waals surface area contributed by atoms with E-state index >= 15 is 0 Å². The number of anilines is 2. The number of nitrogens with zero attached hydrogens (tertiary/aromatic N) is 4. The summed E-state index contributed by atoms with van der Waals surface area (Å²) in [5.41, 5.74) is 1.32. The standard InChI is InChI=1S/C20H30N6O2/c1-12(2)23-19-18-16(8-17(24-19)13(3)27)10-22-20(25-18)21-9-15-6-5-7-26(11-15)14(4)28/h8,10,12-13,15,27H,5-7,9,11H2,1-4H3,(H,23,24)(H,21,22,25)/t13-,15?/m1/s1. The van der Waals surface area contributed by atoms with Crippen molar-refractivity contribution in [1.82, 2.24) is 19.9 Å². The number of likely N-dealkylation sites (tertiary alicyclic amines) is 1. The maximum absolute atomic E-state index is 11.6. The van der Waals surface area contributed by atoms with Crippen LogP contribution in [0.25, 0.3) is 10.9 Å². The third kappa shape index (κ3) is 4.86. The van der Waals surface area contributed by atoms with Crippen molar-refractivity contribution >= 4 is 28.6 Å². The molecule has 0 aromatic carbocycles. The maximum atomic E-state index is 11.6. The molecule has 152 valence electrons. The Bertz CT molecular complexity index is 839. The van der Waals surface area contributed by atoms with Gasteiger partial charge in [0.25, 0.3) is 0 Å². The lowest BCUT2D eigenvalue weighted by molar-refractivity contribution is -0.130. The molecule has 1 amide bonds. The van der Waals surface area contributed by atoms with Crippen LogP contribution in [-0.4, -0.2) is 56.5 Å². The van der Waals surface area contributed by atoms with Gasteiger partial charge in [-0.05, 0) is 45.6 Å². The highest BCUT2D eigenvalue weighted by atomic mass is 16.3. The Balaban J connectivity index is 1.79. The Morgan fingerprint density at radius 2 is 2.14 bits per heavy atom. The van der Waals surface area contributed by atoms with Crippen LogP contribution in [0.1, 0.15) is 52.3 Å². The molecule has 0 saturated carbocycles. The van der Waals surface area contributed by atoms with Gasteiger partial charge in [-0.2, -0.15) is 0 Å². The number of piperidine rings is 1. The summed E-state index contributed by atoms with van der Waals surface area (Å²) in [6.07, 6.45) is 3.21. The molecule has 3 heterocycles. The van der Waals surface area contributed by atoms with Gasteiger partial charge in [-0.25, -0.2) is 15.0 Å². The Kier molecular flexibility index (Phi) is 6.28. The minimum absolute atomic E-state index is 0.135.